The molecule has 2 rings (SSSR count). The normalized spacial score (nSPS) is 10.9. The fraction of sp³-hybridized carbons (Fsp3) is 0.545. The van der Waals surface area contributed by atoms with E-state index in [0.29, 0.717) is 0 Å². The van der Waals surface area contributed by atoms with Gasteiger partial charge in [0.05, 0.1) is 11.6 Å². The third-order valence-electron chi connectivity index (χ3n) is 2.55. The van der Waals surface area contributed by atoms with Gasteiger partial charge in [0.15, 0.2) is 5.65 Å². The molecule has 0 spiro atoms. The second kappa shape index (κ2) is 5.58. The minimum atomic E-state index is 0.848. The summed E-state index contributed by atoms with van der Waals surface area (Å²) < 4.78 is 1.75. The molecular formula is C11H18N6. The van der Waals surface area contributed by atoms with Gasteiger partial charge in [0.1, 0.15) is 12.1 Å². The molecule has 2 aromatic rings. The van der Waals surface area contributed by atoms with E-state index in [0.717, 1.165) is 42.9 Å². The summed E-state index contributed by atoms with van der Waals surface area (Å²) in [5, 5.41) is 11.8. The van der Waals surface area contributed by atoms with E-state index in [1.807, 2.05) is 7.05 Å². The van der Waals surface area contributed by atoms with Crippen LogP contribution in [0.1, 0.15) is 13.3 Å². The Kier molecular flexibility index (Phi) is 3.87. The molecule has 0 aliphatic heterocycles. The quantitative estimate of drug-likeness (QED) is 0.723. The maximum absolute atomic E-state index is 4.23. The van der Waals surface area contributed by atoms with E-state index >= 15 is 0 Å². The summed E-state index contributed by atoms with van der Waals surface area (Å²) in [5.74, 6) is 0.849. The smallest absolute Gasteiger partial charge is 0.163 e. The number of anilines is 1. The molecule has 0 aliphatic carbocycles. The van der Waals surface area contributed by atoms with Crippen LogP contribution < -0.4 is 10.6 Å². The Morgan fingerprint density at radius 1 is 1.24 bits per heavy atom. The number of nitrogens with one attached hydrogen (secondary N) is 2. The molecule has 2 heterocycles. The molecule has 0 bridgehead atoms. The second-order valence-electron chi connectivity index (χ2n) is 3.90. The maximum atomic E-state index is 4.23. The van der Waals surface area contributed by atoms with Crippen molar-refractivity contribution >= 4 is 16.9 Å². The number of nitrogens with zero attached hydrogens (tertiary/aromatic N) is 4. The van der Waals surface area contributed by atoms with Gasteiger partial charge >= 0.3 is 0 Å². The topological polar surface area (TPSA) is 67.7 Å². The van der Waals surface area contributed by atoms with Gasteiger partial charge in [0, 0.05) is 20.1 Å². The molecular weight excluding hydrogens is 216 g/mol. The lowest BCUT2D eigenvalue weighted by Crippen LogP contribution is -2.23. The highest BCUT2D eigenvalue weighted by Crippen LogP contribution is 2.16. The third kappa shape index (κ3) is 2.71. The van der Waals surface area contributed by atoms with Crippen molar-refractivity contribution < 1.29 is 0 Å². The van der Waals surface area contributed by atoms with E-state index in [2.05, 4.69) is 32.6 Å². The average molecular weight is 234 g/mol. The minimum Gasteiger partial charge on any atom is -0.368 e. The van der Waals surface area contributed by atoms with Crippen LogP contribution >= 0.6 is 0 Å². The van der Waals surface area contributed by atoms with Crippen molar-refractivity contribution in [3.8, 4) is 0 Å². The summed E-state index contributed by atoms with van der Waals surface area (Å²) in [5.41, 5.74) is 0.851. The van der Waals surface area contributed by atoms with E-state index in [1.54, 1.807) is 17.2 Å². The van der Waals surface area contributed by atoms with Crippen LogP contribution in [0.2, 0.25) is 0 Å². The zero-order chi connectivity index (χ0) is 12.1. The first kappa shape index (κ1) is 11.8. The maximum Gasteiger partial charge on any atom is 0.163 e. The molecule has 17 heavy (non-hydrogen) atoms. The molecule has 2 N–H and O–H groups in total. The Balaban J connectivity index is 1.99. The largest absolute Gasteiger partial charge is 0.368 e. The zero-order valence-corrected chi connectivity index (χ0v) is 10.3. The summed E-state index contributed by atoms with van der Waals surface area (Å²) in [4.78, 5) is 8.43. The first-order valence-electron chi connectivity index (χ1n) is 5.90. The van der Waals surface area contributed by atoms with Crippen LogP contribution in [0, 0.1) is 0 Å². The highest BCUT2D eigenvalue weighted by molar-refractivity contribution is 5.85. The molecule has 0 fully saturated rings. The Morgan fingerprint density at radius 2 is 2.12 bits per heavy atom. The van der Waals surface area contributed by atoms with Crippen LogP contribution in [-0.2, 0) is 7.05 Å². The average Bonchev–Trinajstić information content (AvgIpc) is 2.72. The Labute approximate surface area is 100 Å². The van der Waals surface area contributed by atoms with E-state index < -0.39 is 0 Å². The van der Waals surface area contributed by atoms with E-state index in [9.17, 15) is 0 Å². The number of rotatable bonds is 6. The highest BCUT2D eigenvalue weighted by Gasteiger charge is 2.06. The fourth-order valence-corrected chi connectivity index (χ4v) is 1.67. The minimum absolute atomic E-state index is 0.848. The summed E-state index contributed by atoms with van der Waals surface area (Å²) >= 11 is 0. The van der Waals surface area contributed by atoms with Crippen molar-refractivity contribution in [2.24, 2.45) is 7.05 Å². The predicted molar refractivity (Wildman–Crippen MR) is 68.0 cm³/mol. The van der Waals surface area contributed by atoms with Crippen molar-refractivity contribution in [3.05, 3.63) is 12.5 Å². The van der Waals surface area contributed by atoms with Gasteiger partial charge in [-0.25, -0.2) is 9.97 Å². The molecule has 0 unspecified atom stereocenters. The lowest BCUT2D eigenvalue weighted by Gasteiger charge is -2.06. The van der Waals surface area contributed by atoms with E-state index in [-0.39, 0.29) is 0 Å². The van der Waals surface area contributed by atoms with Crippen LogP contribution in [0.25, 0.3) is 11.0 Å². The second-order valence-corrected chi connectivity index (χ2v) is 3.90. The van der Waals surface area contributed by atoms with Crippen LogP contribution in [0.15, 0.2) is 12.5 Å². The highest BCUT2D eigenvalue weighted by atomic mass is 15.3. The monoisotopic (exact) mass is 234 g/mol. The van der Waals surface area contributed by atoms with Gasteiger partial charge < -0.3 is 10.6 Å². The first-order valence-corrected chi connectivity index (χ1v) is 5.90. The number of hydrogen-bond donors (Lipinski definition) is 2. The van der Waals surface area contributed by atoms with Gasteiger partial charge in [0.25, 0.3) is 0 Å². The summed E-state index contributed by atoms with van der Waals surface area (Å²) in [6.45, 7) is 4.98. The Hall–Kier alpha value is -1.69. The summed E-state index contributed by atoms with van der Waals surface area (Å²) in [6.07, 6.45) is 4.50. The number of aromatic nitrogens is 4. The van der Waals surface area contributed by atoms with Gasteiger partial charge in [-0.05, 0) is 13.0 Å². The first-order chi connectivity index (χ1) is 8.33. The molecule has 0 aliphatic rings. The van der Waals surface area contributed by atoms with Gasteiger partial charge in [-0.1, -0.05) is 6.92 Å². The van der Waals surface area contributed by atoms with Crippen LogP contribution in [0.3, 0.4) is 0 Å². The molecule has 92 valence electrons. The Morgan fingerprint density at radius 3 is 2.94 bits per heavy atom. The van der Waals surface area contributed by atoms with Gasteiger partial charge in [-0.2, -0.15) is 5.10 Å². The van der Waals surface area contributed by atoms with Crippen molar-refractivity contribution in [1.82, 2.24) is 25.1 Å². The molecule has 0 saturated heterocycles. The lowest BCUT2D eigenvalue weighted by molar-refractivity contribution is 0.687. The summed E-state index contributed by atoms with van der Waals surface area (Å²) in [6, 6.07) is 0. The molecule has 2 aromatic heterocycles. The predicted octanol–water partition coefficient (Wildman–Crippen LogP) is 0.775. The number of hydrogen-bond acceptors (Lipinski definition) is 5. The molecule has 0 saturated carbocycles. The van der Waals surface area contributed by atoms with Gasteiger partial charge in [-0.15, -0.1) is 0 Å². The van der Waals surface area contributed by atoms with E-state index in [4.69, 9.17) is 0 Å². The van der Waals surface area contributed by atoms with Crippen molar-refractivity contribution in [2.75, 3.05) is 25.0 Å². The zero-order valence-electron chi connectivity index (χ0n) is 10.3. The fourth-order valence-electron chi connectivity index (χ4n) is 1.67. The van der Waals surface area contributed by atoms with Crippen molar-refractivity contribution in [1.29, 1.82) is 0 Å². The molecule has 0 atom stereocenters. The molecule has 6 heteroatoms. The molecule has 6 nitrogen and oxygen atoms in total. The number of fused-ring (bicyclic) bond motifs is 1. The van der Waals surface area contributed by atoms with E-state index in [1.165, 1.54) is 0 Å². The van der Waals surface area contributed by atoms with Crippen LogP contribution in [0.5, 0.6) is 0 Å². The Bertz CT molecular complexity index is 478. The van der Waals surface area contributed by atoms with Crippen LogP contribution in [-0.4, -0.2) is 39.4 Å². The molecule has 0 radical (unpaired) electrons. The molecule has 0 aromatic carbocycles. The SMILES string of the molecule is CCCNCCNc1ncnc2c1cnn2C. The summed E-state index contributed by atoms with van der Waals surface area (Å²) in [7, 11) is 1.88. The standard InChI is InChI=1S/C11H18N6/c1-3-4-12-5-6-13-10-9-7-16-17(2)11(9)15-8-14-10/h7-8,12H,3-6H2,1-2H3,(H,13,14,15). The van der Waals surface area contributed by atoms with Gasteiger partial charge in [-0.3, -0.25) is 4.68 Å². The third-order valence-corrected chi connectivity index (χ3v) is 2.55. The number of aryl methyl sites for hydroxylation is 1. The lowest BCUT2D eigenvalue weighted by atomic mass is 10.4. The van der Waals surface area contributed by atoms with Gasteiger partial charge in [0.2, 0.25) is 0 Å². The molecule has 0 amide bonds. The van der Waals surface area contributed by atoms with Crippen molar-refractivity contribution in [2.45, 2.75) is 13.3 Å². The van der Waals surface area contributed by atoms with Crippen LogP contribution in [0.4, 0.5) is 5.82 Å². The van der Waals surface area contributed by atoms with Crippen molar-refractivity contribution in [3.63, 3.8) is 0 Å².